The summed E-state index contributed by atoms with van der Waals surface area (Å²) in [5.74, 6) is 0.0441. The number of rotatable bonds is 3. The molecular weight excluding hydrogens is 296 g/mol. The minimum atomic E-state index is -3.84. The summed E-state index contributed by atoms with van der Waals surface area (Å²) in [5.41, 5.74) is 0.193. The first-order valence-electron chi connectivity index (χ1n) is 6.66. The van der Waals surface area contributed by atoms with Crippen molar-refractivity contribution in [3.63, 3.8) is 0 Å². The highest BCUT2D eigenvalue weighted by molar-refractivity contribution is 7.89. The number of sulfonamides is 1. The van der Waals surface area contributed by atoms with Gasteiger partial charge in [-0.2, -0.15) is 4.31 Å². The molecule has 1 N–H and O–H groups in total. The van der Waals surface area contributed by atoms with E-state index >= 15 is 0 Å². The number of aliphatic hydroxyl groups is 1. The van der Waals surface area contributed by atoms with Crippen molar-refractivity contribution in [2.75, 3.05) is 13.1 Å². The van der Waals surface area contributed by atoms with Crippen LogP contribution in [-0.4, -0.2) is 41.9 Å². The molecule has 1 saturated heterocycles. The van der Waals surface area contributed by atoms with E-state index in [1.165, 1.54) is 16.4 Å². The topological polar surface area (TPSA) is 101 Å². The van der Waals surface area contributed by atoms with Crippen LogP contribution in [0.4, 0.5) is 5.69 Å². The standard InChI is InChI=1S/C13H18N2O5S/c1-9-5-6-14(8-12(9)16)21(19,20)13-7-11(15(17)18)4-3-10(13)2/h3-4,7,9,12,16H,5-6,8H2,1-2H3. The summed E-state index contributed by atoms with van der Waals surface area (Å²) in [6.07, 6.45) is -0.151. The zero-order valence-electron chi connectivity index (χ0n) is 11.9. The lowest BCUT2D eigenvalue weighted by molar-refractivity contribution is -0.385. The Morgan fingerprint density at radius 1 is 1.43 bits per heavy atom. The third-order valence-corrected chi connectivity index (χ3v) is 5.89. The maximum Gasteiger partial charge on any atom is 0.270 e. The van der Waals surface area contributed by atoms with Gasteiger partial charge in [-0.1, -0.05) is 13.0 Å². The van der Waals surface area contributed by atoms with Gasteiger partial charge in [0, 0.05) is 25.2 Å². The maximum atomic E-state index is 12.6. The normalized spacial score (nSPS) is 24.0. The summed E-state index contributed by atoms with van der Waals surface area (Å²) in [5, 5.41) is 20.7. The van der Waals surface area contributed by atoms with E-state index in [1.54, 1.807) is 6.92 Å². The molecule has 0 aliphatic carbocycles. The fraction of sp³-hybridized carbons (Fsp3) is 0.538. The van der Waals surface area contributed by atoms with Gasteiger partial charge in [-0.05, 0) is 24.8 Å². The molecule has 2 atom stereocenters. The minimum Gasteiger partial charge on any atom is -0.391 e. The van der Waals surface area contributed by atoms with Crippen LogP contribution in [0, 0.1) is 23.0 Å². The Bertz CT molecular complexity index is 659. The second kappa shape index (κ2) is 5.70. The molecule has 0 radical (unpaired) electrons. The number of hydrogen-bond donors (Lipinski definition) is 1. The van der Waals surface area contributed by atoms with Crippen LogP contribution in [0.15, 0.2) is 23.1 Å². The first-order valence-corrected chi connectivity index (χ1v) is 8.10. The van der Waals surface area contributed by atoms with Crippen LogP contribution >= 0.6 is 0 Å². The fourth-order valence-corrected chi connectivity index (χ4v) is 4.08. The van der Waals surface area contributed by atoms with Crippen molar-refractivity contribution in [3.05, 3.63) is 33.9 Å². The van der Waals surface area contributed by atoms with Crippen molar-refractivity contribution in [3.8, 4) is 0 Å². The molecule has 0 amide bonds. The molecule has 0 bridgehead atoms. The number of non-ortho nitro benzene ring substituents is 1. The molecule has 2 unspecified atom stereocenters. The molecule has 1 aliphatic heterocycles. The molecule has 8 heteroatoms. The molecule has 0 spiro atoms. The van der Waals surface area contributed by atoms with E-state index in [9.17, 15) is 23.6 Å². The number of aliphatic hydroxyl groups excluding tert-OH is 1. The lowest BCUT2D eigenvalue weighted by Crippen LogP contribution is -2.45. The Kier molecular flexibility index (Phi) is 4.31. The SMILES string of the molecule is Cc1ccc([N+](=O)[O-])cc1S(=O)(=O)N1CCC(C)C(O)C1. The first kappa shape index (κ1) is 15.9. The molecule has 0 saturated carbocycles. The molecule has 1 heterocycles. The van der Waals surface area contributed by atoms with E-state index in [1.807, 2.05) is 6.92 Å². The van der Waals surface area contributed by atoms with E-state index in [-0.39, 0.29) is 23.0 Å². The number of nitro benzene ring substituents is 1. The summed E-state index contributed by atoms with van der Waals surface area (Å²) in [4.78, 5) is 10.1. The number of aryl methyl sites for hydroxylation is 1. The molecule has 7 nitrogen and oxygen atoms in total. The van der Waals surface area contributed by atoms with Gasteiger partial charge >= 0.3 is 0 Å². The third-order valence-electron chi connectivity index (χ3n) is 3.88. The zero-order valence-corrected chi connectivity index (χ0v) is 12.7. The molecule has 21 heavy (non-hydrogen) atoms. The van der Waals surface area contributed by atoms with Gasteiger partial charge in [0.2, 0.25) is 10.0 Å². The average molecular weight is 314 g/mol. The Morgan fingerprint density at radius 2 is 2.10 bits per heavy atom. The lowest BCUT2D eigenvalue weighted by Gasteiger charge is -2.33. The summed E-state index contributed by atoms with van der Waals surface area (Å²) in [6.45, 7) is 3.79. The van der Waals surface area contributed by atoms with Crippen molar-refractivity contribution < 1.29 is 18.4 Å². The number of piperidine rings is 1. The fourth-order valence-electron chi connectivity index (χ4n) is 2.36. The van der Waals surface area contributed by atoms with Crippen LogP contribution in [0.3, 0.4) is 0 Å². The number of β-amino-alcohol motifs (C(OH)–C–C–N with tert-alkyl or cyclic N) is 1. The first-order chi connectivity index (χ1) is 9.73. The largest absolute Gasteiger partial charge is 0.391 e. The van der Waals surface area contributed by atoms with Crippen molar-refractivity contribution in [2.45, 2.75) is 31.3 Å². The van der Waals surface area contributed by atoms with Crippen LogP contribution < -0.4 is 0 Å². The van der Waals surface area contributed by atoms with Gasteiger partial charge in [0.25, 0.3) is 5.69 Å². The van der Waals surface area contributed by atoms with Gasteiger partial charge in [0.15, 0.2) is 0 Å². The zero-order chi connectivity index (χ0) is 15.8. The van der Waals surface area contributed by atoms with Gasteiger partial charge in [-0.3, -0.25) is 10.1 Å². The molecule has 1 fully saturated rings. The summed E-state index contributed by atoms with van der Waals surface area (Å²) in [7, 11) is -3.84. The number of hydrogen-bond acceptors (Lipinski definition) is 5. The van der Waals surface area contributed by atoms with Gasteiger partial charge in [0.05, 0.1) is 15.9 Å². The molecule has 2 rings (SSSR count). The Balaban J connectivity index is 2.40. The Morgan fingerprint density at radius 3 is 2.67 bits per heavy atom. The highest BCUT2D eigenvalue weighted by Gasteiger charge is 2.34. The van der Waals surface area contributed by atoms with Crippen LogP contribution in [-0.2, 0) is 10.0 Å². The highest BCUT2D eigenvalue weighted by Crippen LogP contribution is 2.28. The number of nitrogens with zero attached hydrogens (tertiary/aromatic N) is 2. The predicted octanol–water partition coefficient (Wildman–Crippen LogP) is 1.29. The van der Waals surface area contributed by atoms with Crippen molar-refractivity contribution in [2.24, 2.45) is 5.92 Å². The van der Waals surface area contributed by atoms with Gasteiger partial charge < -0.3 is 5.11 Å². The quantitative estimate of drug-likeness (QED) is 0.669. The number of nitro groups is 1. The predicted molar refractivity (Wildman–Crippen MR) is 76.4 cm³/mol. The highest BCUT2D eigenvalue weighted by atomic mass is 32.2. The minimum absolute atomic E-state index is 0.0195. The van der Waals surface area contributed by atoms with Crippen LogP contribution in [0.25, 0.3) is 0 Å². The molecule has 0 aromatic heterocycles. The van der Waals surface area contributed by atoms with E-state index < -0.39 is 21.1 Å². The molecular formula is C13H18N2O5S. The van der Waals surface area contributed by atoms with Crippen molar-refractivity contribution in [1.82, 2.24) is 4.31 Å². The van der Waals surface area contributed by atoms with Gasteiger partial charge in [-0.15, -0.1) is 0 Å². The van der Waals surface area contributed by atoms with Gasteiger partial charge in [-0.25, -0.2) is 8.42 Å². The van der Waals surface area contributed by atoms with E-state index in [0.717, 1.165) is 6.07 Å². The van der Waals surface area contributed by atoms with E-state index in [0.29, 0.717) is 18.5 Å². The second-order valence-corrected chi connectivity index (χ2v) is 7.31. The molecule has 116 valence electrons. The average Bonchev–Trinajstić information content (AvgIpc) is 2.41. The van der Waals surface area contributed by atoms with Crippen molar-refractivity contribution in [1.29, 1.82) is 0 Å². The van der Waals surface area contributed by atoms with Gasteiger partial charge in [0.1, 0.15) is 0 Å². The van der Waals surface area contributed by atoms with E-state index in [2.05, 4.69) is 0 Å². The second-order valence-electron chi connectivity index (χ2n) is 5.40. The molecule has 1 aromatic carbocycles. The Labute approximate surface area is 123 Å². The smallest absolute Gasteiger partial charge is 0.270 e. The van der Waals surface area contributed by atoms with Crippen LogP contribution in [0.1, 0.15) is 18.9 Å². The molecule has 1 aliphatic rings. The van der Waals surface area contributed by atoms with Crippen LogP contribution in [0.5, 0.6) is 0 Å². The summed E-state index contributed by atoms with van der Waals surface area (Å²) in [6, 6.07) is 3.78. The Hall–Kier alpha value is -1.51. The van der Waals surface area contributed by atoms with Crippen LogP contribution in [0.2, 0.25) is 0 Å². The lowest BCUT2D eigenvalue weighted by atomic mass is 9.98. The monoisotopic (exact) mass is 314 g/mol. The molecule has 1 aromatic rings. The van der Waals surface area contributed by atoms with E-state index in [4.69, 9.17) is 0 Å². The summed E-state index contributed by atoms with van der Waals surface area (Å²) < 4.78 is 26.5. The number of benzene rings is 1. The summed E-state index contributed by atoms with van der Waals surface area (Å²) >= 11 is 0. The maximum absolute atomic E-state index is 12.6. The third kappa shape index (κ3) is 3.07. The van der Waals surface area contributed by atoms with Crippen molar-refractivity contribution >= 4 is 15.7 Å².